The highest BCUT2D eigenvalue weighted by Gasteiger charge is 2.38. The average molecular weight is 172 g/mol. The van der Waals surface area contributed by atoms with Crippen LogP contribution in [0.2, 0.25) is 0 Å². The molecular formula is C9H16O3. The topological polar surface area (TPSA) is 57.5 Å². The smallest absolute Gasteiger partial charge is 0.309 e. The van der Waals surface area contributed by atoms with Gasteiger partial charge in [-0.15, -0.1) is 0 Å². The number of carboxylic acids is 1. The number of aliphatic hydroxyl groups is 1. The van der Waals surface area contributed by atoms with Crippen LogP contribution in [0.25, 0.3) is 0 Å². The monoisotopic (exact) mass is 172 g/mol. The highest BCUT2D eigenvalue weighted by molar-refractivity contribution is 5.70. The second-order valence-corrected chi connectivity index (χ2v) is 4.06. The molecule has 2 unspecified atom stereocenters. The summed E-state index contributed by atoms with van der Waals surface area (Å²) in [5.74, 6) is -1.03. The lowest BCUT2D eigenvalue weighted by Crippen LogP contribution is -2.38. The van der Waals surface area contributed by atoms with E-state index in [0.717, 1.165) is 12.8 Å². The summed E-state index contributed by atoms with van der Waals surface area (Å²) in [6.07, 6.45) is 2.91. The molecule has 0 heterocycles. The van der Waals surface area contributed by atoms with Crippen molar-refractivity contribution in [3.63, 3.8) is 0 Å². The van der Waals surface area contributed by atoms with E-state index in [1.54, 1.807) is 13.8 Å². The number of aliphatic carboxylic acids is 1. The summed E-state index contributed by atoms with van der Waals surface area (Å²) < 4.78 is 0. The van der Waals surface area contributed by atoms with Crippen molar-refractivity contribution in [2.75, 3.05) is 0 Å². The lowest BCUT2D eigenvalue weighted by Gasteiger charge is -2.27. The quantitative estimate of drug-likeness (QED) is 0.671. The Kier molecular flexibility index (Phi) is 2.42. The van der Waals surface area contributed by atoms with Crippen molar-refractivity contribution < 1.29 is 15.0 Å². The number of rotatable bonds is 4. The molecule has 0 aromatic heterocycles. The second kappa shape index (κ2) is 3.05. The van der Waals surface area contributed by atoms with Crippen LogP contribution in [0.1, 0.15) is 33.1 Å². The Labute approximate surface area is 72.4 Å². The molecule has 0 aliphatic heterocycles. The molecule has 1 saturated carbocycles. The van der Waals surface area contributed by atoms with Gasteiger partial charge in [-0.1, -0.05) is 12.8 Å². The molecule has 0 spiro atoms. The van der Waals surface area contributed by atoms with Gasteiger partial charge in [0.25, 0.3) is 0 Å². The van der Waals surface area contributed by atoms with E-state index in [1.807, 2.05) is 0 Å². The molecule has 70 valence electrons. The second-order valence-electron chi connectivity index (χ2n) is 4.06. The lowest BCUT2D eigenvalue weighted by atomic mass is 9.86. The van der Waals surface area contributed by atoms with Crippen LogP contribution in [0.4, 0.5) is 0 Å². The number of hydrogen-bond acceptors (Lipinski definition) is 2. The van der Waals surface area contributed by atoms with E-state index < -0.39 is 17.5 Å². The third-order valence-corrected chi connectivity index (χ3v) is 2.70. The standard InChI is InChI=1S/C9H16O3/c1-6(8(10)11)9(2,12)5-7-3-4-7/h6-7,12H,3-5H2,1-2H3,(H,10,11). The minimum absolute atomic E-state index is 0.557. The Hall–Kier alpha value is -0.570. The minimum atomic E-state index is -1.03. The molecule has 12 heavy (non-hydrogen) atoms. The van der Waals surface area contributed by atoms with Gasteiger partial charge in [0.2, 0.25) is 0 Å². The molecule has 3 heteroatoms. The van der Waals surface area contributed by atoms with Crippen molar-refractivity contribution in [3.8, 4) is 0 Å². The number of carbonyl (C=O) groups is 1. The van der Waals surface area contributed by atoms with E-state index in [2.05, 4.69) is 0 Å². The van der Waals surface area contributed by atoms with E-state index in [-0.39, 0.29) is 0 Å². The van der Waals surface area contributed by atoms with E-state index in [9.17, 15) is 9.90 Å². The first-order chi connectivity index (χ1) is 5.43. The molecule has 0 bridgehead atoms. The number of carboxylic acid groups (broad SMARTS) is 1. The van der Waals surface area contributed by atoms with Gasteiger partial charge in [-0.25, -0.2) is 0 Å². The maximum atomic E-state index is 10.6. The molecule has 2 atom stereocenters. The first-order valence-electron chi connectivity index (χ1n) is 4.38. The summed E-state index contributed by atoms with van der Waals surface area (Å²) in [5, 5.41) is 18.5. The molecule has 0 aromatic rings. The van der Waals surface area contributed by atoms with Crippen LogP contribution in [0.3, 0.4) is 0 Å². The molecule has 0 radical (unpaired) electrons. The van der Waals surface area contributed by atoms with Crippen molar-refractivity contribution in [2.45, 2.75) is 38.7 Å². The van der Waals surface area contributed by atoms with Crippen molar-refractivity contribution >= 4 is 5.97 Å². The van der Waals surface area contributed by atoms with Crippen LogP contribution in [-0.2, 0) is 4.79 Å². The largest absolute Gasteiger partial charge is 0.481 e. The summed E-state index contributed by atoms with van der Waals surface area (Å²) in [7, 11) is 0. The van der Waals surface area contributed by atoms with Gasteiger partial charge in [0.05, 0.1) is 11.5 Å². The van der Waals surface area contributed by atoms with E-state index in [4.69, 9.17) is 5.11 Å². The summed E-state index contributed by atoms with van der Waals surface area (Å²) >= 11 is 0. The third-order valence-electron chi connectivity index (χ3n) is 2.70. The molecule has 3 nitrogen and oxygen atoms in total. The molecule has 0 aromatic carbocycles. The third kappa shape index (κ3) is 2.21. The minimum Gasteiger partial charge on any atom is -0.481 e. The van der Waals surface area contributed by atoms with Crippen LogP contribution in [0.5, 0.6) is 0 Å². The molecule has 1 rings (SSSR count). The highest BCUT2D eigenvalue weighted by Crippen LogP contribution is 2.39. The normalized spacial score (nSPS) is 24.6. The maximum absolute atomic E-state index is 10.6. The molecule has 1 fully saturated rings. The fourth-order valence-corrected chi connectivity index (χ4v) is 1.35. The summed E-state index contributed by atoms with van der Waals surface area (Å²) in [6.45, 7) is 3.18. The number of hydrogen-bond donors (Lipinski definition) is 2. The van der Waals surface area contributed by atoms with Gasteiger partial charge in [-0.05, 0) is 26.2 Å². The Balaban J connectivity index is 2.49. The van der Waals surface area contributed by atoms with Crippen LogP contribution in [-0.4, -0.2) is 21.8 Å². The fraction of sp³-hybridized carbons (Fsp3) is 0.889. The zero-order valence-electron chi connectivity index (χ0n) is 7.58. The van der Waals surface area contributed by atoms with Gasteiger partial charge in [0.1, 0.15) is 0 Å². The Morgan fingerprint density at radius 2 is 2.17 bits per heavy atom. The Morgan fingerprint density at radius 3 is 2.50 bits per heavy atom. The molecule has 1 aliphatic carbocycles. The zero-order valence-corrected chi connectivity index (χ0v) is 7.58. The van der Waals surface area contributed by atoms with Crippen molar-refractivity contribution in [2.24, 2.45) is 11.8 Å². The van der Waals surface area contributed by atoms with Gasteiger partial charge in [-0.3, -0.25) is 4.79 Å². The fourth-order valence-electron chi connectivity index (χ4n) is 1.35. The van der Waals surface area contributed by atoms with Crippen LogP contribution in [0.15, 0.2) is 0 Å². The van der Waals surface area contributed by atoms with Crippen molar-refractivity contribution in [1.82, 2.24) is 0 Å². The predicted octanol–water partition coefficient (Wildman–Crippen LogP) is 1.26. The Bertz CT molecular complexity index is 182. The predicted molar refractivity (Wildman–Crippen MR) is 44.8 cm³/mol. The molecule has 0 amide bonds. The highest BCUT2D eigenvalue weighted by atomic mass is 16.4. The van der Waals surface area contributed by atoms with E-state index in [0.29, 0.717) is 12.3 Å². The van der Waals surface area contributed by atoms with Crippen LogP contribution in [0, 0.1) is 11.8 Å². The van der Waals surface area contributed by atoms with Gasteiger partial charge < -0.3 is 10.2 Å². The summed E-state index contributed by atoms with van der Waals surface area (Å²) in [6, 6.07) is 0. The van der Waals surface area contributed by atoms with Gasteiger partial charge in [0.15, 0.2) is 0 Å². The first-order valence-corrected chi connectivity index (χ1v) is 4.38. The summed E-state index contributed by atoms with van der Waals surface area (Å²) in [5.41, 5.74) is -1.03. The first kappa shape index (κ1) is 9.52. The van der Waals surface area contributed by atoms with Gasteiger partial charge in [-0.2, -0.15) is 0 Å². The molecular weight excluding hydrogens is 156 g/mol. The van der Waals surface area contributed by atoms with Crippen molar-refractivity contribution in [3.05, 3.63) is 0 Å². The van der Waals surface area contributed by atoms with Gasteiger partial charge >= 0.3 is 5.97 Å². The van der Waals surface area contributed by atoms with Crippen molar-refractivity contribution in [1.29, 1.82) is 0 Å². The lowest BCUT2D eigenvalue weighted by molar-refractivity contribution is -0.150. The van der Waals surface area contributed by atoms with E-state index >= 15 is 0 Å². The van der Waals surface area contributed by atoms with Gasteiger partial charge in [0, 0.05) is 0 Å². The molecule has 2 N–H and O–H groups in total. The molecule has 1 aliphatic rings. The van der Waals surface area contributed by atoms with Crippen LogP contribution < -0.4 is 0 Å². The van der Waals surface area contributed by atoms with E-state index in [1.165, 1.54) is 0 Å². The maximum Gasteiger partial charge on any atom is 0.309 e. The Morgan fingerprint density at radius 1 is 1.67 bits per heavy atom. The molecule has 0 saturated heterocycles. The van der Waals surface area contributed by atoms with Crippen LogP contribution >= 0.6 is 0 Å². The zero-order chi connectivity index (χ0) is 9.35. The average Bonchev–Trinajstić information content (AvgIpc) is 2.69. The summed E-state index contributed by atoms with van der Waals surface area (Å²) in [4.78, 5) is 10.6. The SMILES string of the molecule is CC(C(=O)O)C(C)(O)CC1CC1.